The maximum absolute atomic E-state index is 9.71. The molecule has 2 aromatic heterocycles. The maximum Gasteiger partial charge on any atom is 0.243 e. The van der Waals surface area contributed by atoms with Gasteiger partial charge in [-0.15, -0.1) is 0 Å². The number of aliphatic hydroxyl groups is 2. The Labute approximate surface area is 169 Å². The molecule has 0 saturated carbocycles. The van der Waals surface area contributed by atoms with Gasteiger partial charge in [-0.2, -0.15) is 10.5 Å². The Morgan fingerprint density at radius 1 is 0.897 bits per heavy atom. The Balaban J connectivity index is 0.000000653. The lowest BCUT2D eigenvalue weighted by Crippen LogP contribution is -2.39. The molecule has 0 spiro atoms. The van der Waals surface area contributed by atoms with Crippen molar-refractivity contribution < 1.29 is 19.3 Å². The van der Waals surface area contributed by atoms with Gasteiger partial charge in [0.15, 0.2) is 0 Å². The van der Waals surface area contributed by atoms with Gasteiger partial charge in [-0.05, 0) is 0 Å². The molecule has 0 aliphatic carbocycles. The summed E-state index contributed by atoms with van der Waals surface area (Å²) in [5.74, 6) is 3.06. The largest absolute Gasteiger partial charge is 0.763 e. The monoisotopic (exact) mass is 396 g/mol. The van der Waals surface area contributed by atoms with E-state index < -0.39 is 5.41 Å². The highest BCUT2D eigenvalue weighted by molar-refractivity contribution is 5.58. The van der Waals surface area contributed by atoms with Crippen LogP contribution in [0, 0.1) is 28.1 Å². The molecule has 0 radical (unpaired) electrons. The van der Waals surface area contributed by atoms with Gasteiger partial charge >= 0.3 is 0 Å². The smallest absolute Gasteiger partial charge is 0.243 e. The van der Waals surface area contributed by atoms with Crippen LogP contribution < -0.4 is 9.13 Å². The van der Waals surface area contributed by atoms with Crippen molar-refractivity contribution in [3.8, 4) is 12.1 Å². The lowest BCUT2D eigenvalue weighted by Gasteiger charge is -2.25. The van der Waals surface area contributed by atoms with Crippen LogP contribution in [0.5, 0.6) is 0 Å². The quantitative estimate of drug-likeness (QED) is 0.374. The number of nitrogens with zero attached hydrogens (tertiary/aromatic N) is 8. The first kappa shape index (κ1) is 25.2. The third-order valence-electron chi connectivity index (χ3n) is 3.61. The van der Waals surface area contributed by atoms with Crippen molar-refractivity contribution in [2.75, 3.05) is 13.2 Å². The molecule has 2 rings (SSSR count). The van der Waals surface area contributed by atoms with Gasteiger partial charge in [0.1, 0.15) is 37.9 Å². The van der Waals surface area contributed by atoms with Crippen molar-refractivity contribution >= 4 is 11.7 Å². The maximum atomic E-state index is 9.71. The van der Waals surface area contributed by atoms with Crippen molar-refractivity contribution in [3.63, 3.8) is 0 Å². The van der Waals surface area contributed by atoms with Crippen LogP contribution in [-0.2, 0) is 27.2 Å². The number of aryl methyl sites for hydroxylation is 2. The second-order valence-corrected chi connectivity index (χ2v) is 6.12. The highest BCUT2D eigenvalue weighted by atomic mass is 16.3. The summed E-state index contributed by atoms with van der Waals surface area (Å²) in [4.78, 5) is 0. The average Bonchev–Trinajstić information content (AvgIpc) is 3.31. The summed E-state index contributed by atoms with van der Waals surface area (Å²) in [7, 11) is 3.89. The Morgan fingerprint density at radius 3 is 1.45 bits per heavy atom. The molecule has 29 heavy (non-hydrogen) atoms. The molecule has 0 aliphatic heterocycles. The number of hydrogen-bond acceptors (Lipinski definition) is 4. The standard InChI is InChI=1S/C13H22N4O2.2C3HN2/c1-14-3-5-16(11-14)7-13(9-18,10-19)8-17-6-4-15(2)12-17;2*4-2-1-3-5/h3-6,11-12,18-19H,7-10H2,1-2H3;2*1H/q+2;2*-1. The molecular weight excluding hydrogens is 372 g/mol. The van der Waals surface area contributed by atoms with E-state index >= 15 is 0 Å². The SMILES string of the molecule is C[n+]1ccn(CC(CO)(CO)Cn2cc[n+](C)c2)c1.N#CC=C=[N-].N#CC=C=[N-]. The second kappa shape index (κ2) is 14.3. The Hall–Kier alpha value is -3.78. The number of nitriles is 2. The van der Waals surface area contributed by atoms with E-state index in [9.17, 15) is 10.2 Å². The molecule has 0 aliphatic rings. The lowest BCUT2D eigenvalue weighted by atomic mass is 9.89. The zero-order valence-corrected chi connectivity index (χ0v) is 16.4. The van der Waals surface area contributed by atoms with Gasteiger partial charge in [-0.25, -0.2) is 18.3 Å². The first-order chi connectivity index (χ1) is 13.9. The van der Waals surface area contributed by atoms with Crippen LogP contribution in [0.3, 0.4) is 0 Å². The number of hydrogen-bond donors (Lipinski definition) is 2. The van der Waals surface area contributed by atoms with Gasteiger partial charge in [0.2, 0.25) is 12.7 Å². The minimum absolute atomic E-state index is 0.0622. The van der Waals surface area contributed by atoms with Gasteiger partial charge in [0.05, 0.1) is 44.9 Å². The Bertz CT molecular complexity index is 842. The number of rotatable bonds is 6. The van der Waals surface area contributed by atoms with Gasteiger partial charge in [0.25, 0.3) is 0 Å². The normalized spacial score (nSPS) is 9.17. The third-order valence-corrected chi connectivity index (χ3v) is 3.61. The fourth-order valence-electron chi connectivity index (χ4n) is 2.32. The van der Waals surface area contributed by atoms with Gasteiger partial charge in [-0.3, -0.25) is 11.7 Å². The molecular formula is C19H24N8O2. The van der Waals surface area contributed by atoms with Gasteiger partial charge in [-0.1, -0.05) is 0 Å². The summed E-state index contributed by atoms with van der Waals surface area (Å²) in [6.07, 6.45) is 13.4. The Morgan fingerprint density at radius 2 is 1.28 bits per heavy atom. The number of imidazole rings is 2. The van der Waals surface area contributed by atoms with E-state index in [1.54, 1.807) is 0 Å². The van der Waals surface area contributed by atoms with Gasteiger partial charge in [0, 0.05) is 12.2 Å². The van der Waals surface area contributed by atoms with Crippen molar-refractivity contribution in [1.29, 1.82) is 10.5 Å². The van der Waals surface area contributed by atoms with E-state index in [4.69, 9.17) is 21.3 Å². The molecule has 2 heterocycles. The van der Waals surface area contributed by atoms with E-state index in [0.29, 0.717) is 13.1 Å². The predicted octanol–water partition coefficient (Wildman–Crippen LogP) is -0.780. The summed E-state index contributed by atoms with van der Waals surface area (Å²) < 4.78 is 7.84. The summed E-state index contributed by atoms with van der Waals surface area (Å²) in [6.45, 7) is 1.02. The molecule has 0 aromatic carbocycles. The summed E-state index contributed by atoms with van der Waals surface area (Å²) in [6, 6.07) is 3.06. The topological polar surface area (TPSA) is 150 Å². The van der Waals surface area contributed by atoms with E-state index in [1.807, 2.05) is 69.8 Å². The van der Waals surface area contributed by atoms with Gasteiger partial charge < -0.3 is 21.0 Å². The fraction of sp³-hybridized carbons (Fsp3) is 0.368. The first-order valence-electron chi connectivity index (χ1n) is 8.35. The second-order valence-electron chi connectivity index (χ2n) is 6.12. The first-order valence-corrected chi connectivity index (χ1v) is 8.35. The Kier molecular flexibility index (Phi) is 12.4. The average molecular weight is 396 g/mol. The molecule has 152 valence electrons. The minimum Gasteiger partial charge on any atom is -0.763 e. The van der Waals surface area contributed by atoms with Crippen molar-refractivity contribution in [2.24, 2.45) is 19.5 Å². The van der Waals surface area contributed by atoms with E-state index in [-0.39, 0.29) is 13.2 Å². The van der Waals surface area contributed by atoms with Crippen molar-refractivity contribution in [2.45, 2.75) is 13.1 Å². The summed E-state index contributed by atoms with van der Waals surface area (Å²) in [5, 5.41) is 49.6. The fourth-order valence-corrected chi connectivity index (χ4v) is 2.32. The highest BCUT2D eigenvalue weighted by Gasteiger charge is 2.34. The van der Waals surface area contributed by atoms with Crippen LogP contribution in [0.1, 0.15) is 0 Å². The molecule has 0 amide bonds. The molecule has 0 atom stereocenters. The van der Waals surface area contributed by atoms with Crippen LogP contribution in [0.15, 0.2) is 49.6 Å². The van der Waals surface area contributed by atoms with E-state index in [2.05, 4.69) is 0 Å². The summed E-state index contributed by atoms with van der Waals surface area (Å²) >= 11 is 0. The molecule has 2 aromatic rings. The van der Waals surface area contributed by atoms with Crippen LogP contribution in [-0.4, -0.2) is 44.3 Å². The molecule has 10 heteroatoms. The molecule has 0 fully saturated rings. The zero-order valence-electron chi connectivity index (χ0n) is 16.4. The molecule has 0 unspecified atom stereocenters. The number of aliphatic hydroxyl groups excluding tert-OH is 2. The van der Waals surface area contributed by atoms with Crippen molar-refractivity contribution in [3.05, 3.63) is 60.4 Å². The highest BCUT2D eigenvalue weighted by Crippen LogP contribution is 2.21. The molecule has 2 N–H and O–H groups in total. The predicted molar refractivity (Wildman–Crippen MR) is 105 cm³/mol. The number of aromatic nitrogens is 4. The molecule has 0 bridgehead atoms. The summed E-state index contributed by atoms with van der Waals surface area (Å²) in [5.41, 5.74) is -0.571. The van der Waals surface area contributed by atoms with E-state index in [1.165, 1.54) is 23.9 Å². The van der Waals surface area contributed by atoms with Crippen LogP contribution >= 0.6 is 0 Å². The molecule has 0 saturated heterocycles. The molecule has 10 nitrogen and oxygen atoms in total. The van der Waals surface area contributed by atoms with Crippen LogP contribution in [0.4, 0.5) is 0 Å². The third kappa shape index (κ3) is 10.2. The number of allylic oxidation sites excluding steroid dienone is 2. The minimum atomic E-state index is -0.571. The lowest BCUT2D eigenvalue weighted by molar-refractivity contribution is -0.671. The van der Waals surface area contributed by atoms with Crippen LogP contribution in [0.25, 0.3) is 10.8 Å². The van der Waals surface area contributed by atoms with Crippen LogP contribution in [0.2, 0.25) is 0 Å². The van der Waals surface area contributed by atoms with Crippen molar-refractivity contribution in [1.82, 2.24) is 9.13 Å². The van der Waals surface area contributed by atoms with E-state index in [0.717, 1.165) is 12.2 Å². The zero-order chi connectivity index (χ0) is 22.1.